The lowest BCUT2D eigenvalue weighted by Gasteiger charge is -2.21. The number of nitrogens with two attached hydrogens (primary N) is 1. The second kappa shape index (κ2) is 5.66. The summed E-state index contributed by atoms with van der Waals surface area (Å²) in [5.74, 6) is 0.254. The number of allylic oxidation sites excluding steroid dienone is 4. The molecule has 4 rings (SSSR count). The lowest BCUT2D eigenvalue weighted by atomic mass is 9.90. The molecule has 0 aliphatic heterocycles. The number of fused-ring (bicyclic) bond motifs is 1. The normalized spacial score (nSPS) is 17.4. The van der Waals surface area contributed by atoms with E-state index in [9.17, 15) is 9.90 Å². The Balaban J connectivity index is 1.81. The standard InChI is InChI=1S/C19H18N4O2/c1-11-4-12(13-7-16-15(22-9-13)2-3-21-16)6-14(5-11)23-10-18(25)17(24)8-19(23)20/h2-3,5-11,21,25H,4,20H2,1H3. The summed E-state index contributed by atoms with van der Waals surface area (Å²) < 4.78 is 1.63. The van der Waals surface area contributed by atoms with Crippen molar-refractivity contribution < 1.29 is 5.11 Å². The number of nitrogens with one attached hydrogen (secondary N) is 1. The van der Waals surface area contributed by atoms with Crippen molar-refractivity contribution in [1.29, 1.82) is 0 Å². The molecule has 1 atom stereocenters. The van der Waals surface area contributed by atoms with Crippen molar-refractivity contribution >= 4 is 28.1 Å². The average molecular weight is 334 g/mol. The quantitative estimate of drug-likeness (QED) is 0.671. The predicted molar refractivity (Wildman–Crippen MR) is 98.9 cm³/mol. The van der Waals surface area contributed by atoms with Gasteiger partial charge in [-0.05, 0) is 41.7 Å². The summed E-state index contributed by atoms with van der Waals surface area (Å²) in [5.41, 5.74) is 10.4. The summed E-state index contributed by atoms with van der Waals surface area (Å²) in [4.78, 5) is 19.2. The van der Waals surface area contributed by atoms with E-state index in [-0.39, 0.29) is 17.5 Å². The molecule has 0 aromatic carbocycles. The van der Waals surface area contributed by atoms with E-state index >= 15 is 0 Å². The smallest absolute Gasteiger partial charge is 0.225 e. The number of aromatic amines is 1. The molecule has 0 bridgehead atoms. The fourth-order valence-corrected chi connectivity index (χ4v) is 3.21. The highest BCUT2D eigenvalue weighted by atomic mass is 16.3. The van der Waals surface area contributed by atoms with Gasteiger partial charge >= 0.3 is 0 Å². The fraction of sp³-hybridized carbons (Fsp3) is 0.158. The highest BCUT2D eigenvalue weighted by Crippen LogP contribution is 2.33. The Kier molecular flexibility index (Phi) is 3.46. The van der Waals surface area contributed by atoms with Gasteiger partial charge in [-0.2, -0.15) is 0 Å². The topological polar surface area (TPSA) is 96.9 Å². The third-order valence-electron chi connectivity index (χ3n) is 4.43. The van der Waals surface area contributed by atoms with Gasteiger partial charge in [-0.15, -0.1) is 0 Å². The van der Waals surface area contributed by atoms with Gasteiger partial charge in [-0.25, -0.2) is 0 Å². The van der Waals surface area contributed by atoms with E-state index < -0.39 is 5.43 Å². The van der Waals surface area contributed by atoms with Crippen LogP contribution < -0.4 is 11.2 Å². The minimum absolute atomic E-state index is 0.287. The molecule has 0 saturated heterocycles. The second-order valence-electron chi connectivity index (χ2n) is 6.39. The highest BCUT2D eigenvalue weighted by Gasteiger charge is 2.16. The molecular weight excluding hydrogens is 316 g/mol. The summed E-state index contributed by atoms with van der Waals surface area (Å²) in [7, 11) is 0. The number of aromatic nitrogens is 3. The van der Waals surface area contributed by atoms with E-state index in [0.717, 1.165) is 34.3 Å². The van der Waals surface area contributed by atoms with Crippen molar-refractivity contribution in [1.82, 2.24) is 14.5 Å². The van der Waals surface area contributed by atoms with E-state index in [0.29, 0.717) is 0 Å². The minimum Gasteiger partial charge on any atom is -0.503 e. The average Bonchev–Trinajstić information content (AvgIpc) is 3.05. The Morgan fingerprint density at radius 1 is 1.40 bits per heavy atom. The largest absolute Gasteiger partial charge is 0.503 e. The maximum absolute atomic E-state index is 11.5. The minimum atomic E-state index is -0.483. The summed E-state index contributed by atoms with van der Waals surface area (Å²) in [5, 5.41) is 9.75. The number of aromatic hydroxyl groups is 1. The molecular formula is C19H18N4O2. The molecule has 1 aliphatic rings. The predicted octanol–water partition coefficient (Wildman–Crippen LogP) is 2.98. The molecule has 25 heavy (non-hydrogen) atoms. The third-order valence-corrected chi connectivity index (χ3v) is 4.43. The van der Waals surface area contributed by atoms with Gasteiger partial charge in [-0.1, -0.05) is 13.0 Å². The second-order valence-corrected chi connectivity index (χ2v) is 6.39. The molecule has 0 amide bonds. The van der Waals surface area contributed by atoms with Crippen LogP contribution >= 0.6 is 0 Å². The molecule has 6 nitrogen and oxygen atoms in total. The van der Waals surface area contributed by atoms with Crippen LogP contribution in [-0.4, -0.2) is 19.6 Å². The zero-order chi connectivity index (χ0) is 17.6. The van der Waals surface area contributed by atoms with E-state index in [1.807, 2.05) is 24.5 Å². The van der Waals surface area contributed by atoms with Crippen molar-refractivity contribution in [3.05, 3.63) is 64.7 Å². The van der Waals surface area contributed by atoms with Crippen LogP contribution in [0.1, 0.15) is 18.9 Å². The number of nitrogens with zero attached hydrogens (tertiary/aromatic N) is 2. The summed E-state index contributed by atoms with van der Waals surface area (Å²) in [6, 6.07) is 5.25. The van der Waals surface area contributed by atoms with E-state index in [1.54, 1.807) is 4.57 Å². The van der Waals surface area contributed by atoms with Crippen molar-refractivity contribution in [3.8, 4) is 5.75 Å². The van der Waals surface area contributed by atoms with Crippen LogP contribution in [0.4, 0.5) is 5.82 Å². The van der Waals surface area contributed by atoms with Gasteiger partial charge < -0.3 is 20.4 Å². The molecule has 1 unspecified atom stereocenters. The number of pyridine rings is 2. The van der Waals surface area contributed by atoms with Gasteiger partial charge in [0.05, 0.1) is 17.2 Å². The molecule has 0 spiro atoms. The molecule has 3 heterocycles. The van der Waals surface area contributed by atoms with Crippen molar-refractivity contribution in [2.24, 2.45) is 5.92 Å². The van der Waals surface area contributed by atoms with Gasteiger partial charge in [0, 0.05) is 24.2 Å². The Morgan fingerprint density at radius 2 is 2.24 bits per heavy atom. The zero-order valence-electron chi connectivity index (χ0n) is 13.7. The van der Waals surface area contributed by atoms with E-state index in [1.165, 1.54) is 12.3 Å². The SMILES string of the molecule is CC1C=C(n2cc(O)c(=O)cc2N)C=C(c2cnc3cc[nH]c3c2)C1. The van der Waals surface area contributed by atoms with E-state index in [4.69, 9.17) is 5.73 Å². The van der Waals surface area contributed by atoms with Gasteiger partial charge in [0.2, 0.25) is 5.43 Å². The van der Waals surface area contributed by atoms with E-state index in [2.05, 4.69) is 29.0 Å². The lowest BCUT2D eigenvalue weighted by molar-refractivity contribution is 0.466. The first-order valence-electron chi connectivity index (χ1n) is 8.08. The van der Waals surface area contributed by atoms with Crippen LogP contribution in [0.15, 0.2) is 53.7 Å². The van der Waals surface area contributed by atoms with Crippen LogP contribution in [0.25, 0.3) is 22.3 Å². The zero-order valence-corrected chi connectivity index (χ0v) is 13.7. The first-order valence-corrected chi connectivity index (χ1v) is 8.08. The molecule has 0 saturated carbocycles. The Hall–Kier alpha value is -3.28. The molecule has 0 radical (unpaired) electrons. The molecule has 126 valence electrons. The fourth-order valence-electron chi connectivity index (χ4n) is 3.21. The Bertz CT molecular complexity index is 1090. The van der Waals surface area contributed by atoms with Crippen molar-refractivity contribution in [2.75, 3.05) is 5.73 Å². The van der Waals surface area contributed by atoms with Crippen LogP contribution in [0.3, 0.4) is 0 Å². The van der Waals surface area contributed by atoms with Gasteiger partial charge in [0.1, 0.15) is 5.82 Å². The summed E-state index contributed by atoms with van der Waals surface area (Å²) >= 11 is 0. The van der Waals surface area contributed by atoms with Gasteiger partial charge in [0.15, 0.2) is 5.75 Å². The van der Waals surface area contributed by atoms with Gasteiger partial charge in [-0.3, -0.25) is 9.78 Å². The molecule has 4 N–H and O–H groups in total. The number of nitrogen functional groups attached to an aromatic ring is 1. The maximum atomic E-state index is 11.5. The van der Waals surface area contributed by atoms with Crippen LogP contribution in [0, 0.1) is 5.92 Å². The maximum Gasteiger partial charge on any atom is 0.225 e. The monoisotopic (exact) mass is 334 g/mol. The first-order chi connectivity index (χ1) is 12.0. The molecule has 6 heteroatoms. The van der Waals surface area contributed by atoms with Crippen molar-refractivity contribution in [3.63, 3.8) is 0 Å². The molecule has 1 aliphatic carbocycles. The number of hydrogen-bond acceptors (Lipinski definition) is 4. The summed E-state index contributed by atoms with van der Waals surface area (Å²) in [6.07, 6.45) is 10.1. The van der Waals surface area contributed by atoms with Gasteiger partial charge in [0.25, 0.3) is 0 Å². The number of H-pyrrole nitrogens is 1. The Labute approximate surface area is 143 Å². The number of rotatable bonds is 2. The van der Waals surface area contributed by atoms with Crippen LogP contribution in [0.5, 0.6) is 5.75 Å². The molecule has 0 fully saturated rings. The molecule has 3 aromatic heterocycles. The third kappa shape index (κ3) is 2.71. The first kappa shape index (κ1) is 15.3. The Morgan fingerprint density at radius 3 is 3.08 bits per heavy atom. The van der Waals surface area contributed by atoms with Crippen LogP contribution in [-0.2, 0) is 0 Å². The van der Waals surface area contributed by atoms with Crippen molar-refractivity contribution in [2.45, 2.75) is 13.3 Å². The highest BCUT2D eigenvalue weighted by molar-refractivity contribution is 5.84. The van der Waals surface area contributed by atoms with Crippen LogP contribution in [0.2, 0.25) is 0 Å². The number of anilines is 1. The number of hydrogen-bond donors (Lipinski definition) is 3. The molecule has 3 aromatic rings. The summed E-state index contributed by atoms with van der Waals surface area (Å²) in [6.45, 7) is 2.12. The lowest BCUT2D eigenvalue weighted by Crippen LogP contribution is -2.13.